The van der Waals surface area contributed by atoms with Gasteiger partial charge in [0, 0.05) is 25.8 Å². The minimum Gasteiger partial charge on any atom is -0.357 e. The standard InChI is InChI=1S/C20H19F3N4O2S/c1-12-5-8-30-17(12)19(29)26-6-7-27(16(11-26)18(28)25-2)14-4-3-13(10-24)15(9-14)20(21,22)23/h3-5,8-9,16H,6-7,11H2,1-2H3,(H,25,28). The molecule has 1 aliphatic heterocycles. The van der Waals surface area contributed by atoms with Crippen molar-refractivity contribution in [3.63, 3.8) is 0 Å². The van der Waals surface area contributed by atoms with Crippen LogP contribution in [0.25, 0.3) is 0 Å². The van der Waals surface area contributed by atoms with Crippen LogP contribution < -0.4 is 10.2 Å². The Balaban J connectivity index is 1.93. The predicted molar refractivity (Wildman–Crippen MR) is 106 cm³/mol. The zero-order chi connectivity index (χ0) is 22.1. The van der Waals surface area contributed by atoms with Gasteiger partial charge in [0.1, 0.15) is 6.04 Å². The monoisotopic (exact) mass is 436 g/mol. The van der Waals surface area contributed by atoms with Crippen molar-refractivity contribution in [2.75, 3.05) is 31.6 Å². The van der Waals surface area contributed by atoms with Gasteiger partial charge in [-0.05, 0) is 42.1 Å². The first-order valence-electron chi connectivity index (χ1n) is 9.10. The van der Waals surface area contributed by atoms with Gasteiger partial charge in [0.2, 0.25) is 5.91 Å². The highest BCUT2D eigenvalue weighted by Crippen LogP contribution is 2.35. The molecule has 1 aliphatic rings. The molecular formula is C20H19F3N4O2S. The van der Waals surface area contributed by atoms with Crippen molar-refractivity contribution in [3.05, 3.63) is 51.2 Å². The average molecular weight is 436 g/mol. The van der Waals surface area contributed by atoms with Crippen LogP contribution in [0.4, 0.5) is 18.9 Å². The second-order valence-electron chi connectivity index (χ2n) is 6.85. The zero-order valence-electron chi connectivity index (χ0n) is 16.3. The summed E-state index contributed by atoms with van der Waals surface area (Å²) < 4.78 is 40.1. The van der Waals surface area contributed by atoms with Gasteiger partial charge in [0.25, 0.3) is 5.91 Å². The van der Waals surface area contributed by atoms with E-state index in [1.807, 2.05) is 18.4 Å². The van der Waals surface area contributed by atoms with Gasteiger partial charge in [-0.3, -0.25) is 9.59 Å². The van der Waals surface area contributed by atoms with Crippen LogP contribution >= 0.6 is 11.3 Å². The second-order valence-corrected chi connectivity index (χ2v) is 7.76. The zero-order valence-corrected chi connectivity index (χ0v) is 17.1. The van der Waals surface area contributed by atoms with Gasteiger partial charge in [-0.15, -0.1) is 11.3 Å². The van der Waals surface area contributed by atoms with E-state index in [0.717, 1.165) is 17.7 Å². The Labute approximate surface area is 175 Å². The molecule has 1 unspecified atom stereocenters. The molecule has 1 fully saturated rings. The van der Waals surface area contributed by atoms with Crippen LogP contribution in [0.15, 0.2) is 29.6 Å². The van der Waals surface area contributed by atoms with Gasteiger partial charge in [0.05, 0.1) is 28.6 Å². The van der Waals surface area contributed by atoms with Gasteiger partial charge in [-0.25, -0.2) is 0 Å². The van der Waals surface area contributed by atoms with E-state index in [1.165, 1.54) is 24.5 Å². The van der Waals surface area contributed by atoms with Crippen molar-refractivity contribution < 1.29 is 22.8 Å². The first-order chi connectivity index (χ1) is 14.2. The number of amides is 2. The first-order valence-corrected chi connectivity index (χ1v) is 9.98. The number of likely N-dealkylation sites (N-methyl/N-ethyl adjacent to an activating group) is 1. The number of carbonyl (C=O) groups is 2. The maximum atomic E-state index is 13.4. The number of alkyl halides is 3. The molecule has 30 heavy (non-hydrogen) atoms. The minimum absolute atomic E-state index is 0.0389. The molecule has 2 heterocycles. The Morgan fingerprint density at radius 3 is 2.57 bits per heavy atom. The van der Waals surface area contributed by atoms with E-state index in [1.54, 1.807) is 15.9 Å². The molecule has 3 rings (SSSR count). The van der Waals surface area contributed by atoms with Gasteiger partial charge < -0.3 is 15.1 Å². The van der Waals surface area contributed by atoms with Crippen molar-refractivity contribution in [1.82, 2.24) is 10.2 Å². The maximum absolute atomic E-state index is 13.4. The van der Waals surface area contributed by atoms with Crippen LogP contribution in [0.1, 0.15) is 26.4 Å². The number of thiophene rings is 1. The summed E-state index contributed by atoms with van der Waals surface area (Å²) in [5.41, 5.74) is -0.518. The molecule has 1 aromatic carbocycles. The number of anilines is 1. The number of aryl methyl sites for hydroxylation is 1. The lowest BCUT2D eigenvalue weighted by Crippen LogP contribution is -2.60. The molecule has 1 atom stereocenters. The number of nitrogens with one attached hydrogen (secondary N) is 1. The molecular weight excluding hydrogens is 417 g/mol. The Bertz CT molecular complexity index is 1010. The molecule has 0 aliphatic carbocycles. The molecule has 1 saturated heterocycles. The number of nitriles is 1. The minimum atomic E-state index is -4.70. The number of carbonyl (C=O) groups excluding carboxylic acids is 2. The Morgan fingerprint density at radius 2 is 2.00 bits per heavy atom. The highest BCUT2D eigenvalue weighted by molar-refractivity contribution is 7.12. The normalized spacial score (nSPS) is 16.9. The molecule has 2 aromatic rings. The van der Waals surface area contributed by atoms with Gasteiger partial charge in [-0.1, -0.05) is 0 Å². The van der Waals surface area contributed by atoms with Crippen LogP contribution in [0.2, 0.25) is 0 Å². The molecule has 0 spiro atoms. The second kappa shape index (κ2) is 8.36. The summed E-state index contributed by atoms with van der Waals surface area (Å²) in [6.45, 7) is 2.30. The van der Waals surface area contributed by atoms with Crippen LogP contribution in [0.5, 0.6) is 0 Å². The molecule has 158 valence electrons. The van der Waals surface area contributed by atoms with Crippen LogP contribution in [-0.2, 0) is 11.0 Å². The lowest BCUT2D eigenvalue weighted by atomic mass is 10.0. The van der Waals surface area contributed by atoms with Crippen molar-refractivity contribution in [2.45, 2.75) is 19.1 Å². The molecule has 6 nitrogen and oxygen atoms in total. The van der Waals surface area contributed by atoms with Crippen molar-refractivity contribution >= 4 is 28.8 Å². The first kappa shape index (κ1) is 21.6. The third-order valence-electron chi connectivity index (χ3n) is 5.03. The summed E-state index contributed by atoms with van der Waals surface area (Å²) in [5, 5.41) is 13.3. The van der Waals surface area contributed by atoms with E-state index in [-0.39, 0.29) is 31.2 Å². The summed E-state index contributed by atoms with van der Waals surface area (Å²) in [6.07, 6.45) is -4.70. The molecule has 0 radical (unpaired) electrons. The third-order valence-corrected chi connectivity index (χ3v) is 6.04. The highest BCUT2D eigenvalue weighted by Gasteiger charge is 2.38. The summed E-state index contributed by atoms with van der Waals surface area (Å²) >= 11 is 1.31. The van der Waals surface area contributed by atoms with Gasteiger partial charge in [-0.2, -0.15) is 18.4 Å². The number of halogens is 3. The Hall–Kier alpha value is -3.06. The van der Waals surface area contributed by atoms with E-state index >= 15 is 0 Å². The van der Waals surface area contributed by atoms with Gasteiger partial charge in [0.15, 0.2) is 0 Å². The van der Waals surface area contributed by atoms with E-state index in [0.29, 0.717) is 4.88 Å². The molecule has 0 saturated carbocycles. The number of hydrogen-bond donors (Lipinski definition) is 1. The number of rotatable bonds is 3. The van der Waals surface area contributed by atoms with Crippen molar-refractivity contribution in [2.24, 2.45) is 0 Å². The molecule has 1 N–H and O–H groups in total. The summed E-state index contributed by atoms with van der Waals surface area (Å²) in [6, 6.07) is 5.91. The highest BCUT2D eigenvalue weighted by atomic mass is 32.1. The topological polar surface area (TPSA) is 76.4 Å². The number of hydrogen-bond acceptors (Lipinski definition) is 5. The molecule has 10 heteroatoms. The summed E-state index contributed by atoms with van der Waals surface area (Å²) in [7, 11) is 1.44. The molecule has 0 bridgehead atoms. The van der Waals surface area contributed by atoms with Crippen LogP contribution in [0.3, 0.4) is 0 Å². The fourth-order valence-corrected chi connectivity index (χ4v) is 4.34. The van der Waals surface area contributed by atoms with E-state index < -0.39 is 29.3 Å². The average Bonchev–Trinajstić information content (AvgIpc) is 3.16. The van der Waals surface area contributed by atoms with E-state index in [2.05, 4.69) is 5.32 Å². The molecule has 2 amide bonds. The summed E-state index contributed by atoms with van der Waals surface area (Å²) in [4.78, 5) is 29.0. The van der Waals surface area contributed by atoms with E-state index in [9.17, 15) is 22.8 Å². The van der Waals surface area contributed by atoms with Crippen LogP contribution in [0, 0.1) is 18.3 Å². The number of piperazine rings is 1. The Morgan fingerprint density at radius 1 is 1.27 bits per heavy atom. The van der Waals surface area contributed by atoms with Crippen molar-refractivity contribution in [1.29, 1.82) is 5.26 Å². The molecule has 1 aromatic heterocycles. The predicted octanol–water partition coefficient (Wildman–Crippen LogP) is 3.02. The SMILES string of the molecule is CNC(=O)C1CN(C(=O)c2sccc2C)CCN1c1ccc(C#N)c(C(F)(F)F)c1. The fraction of sp³-hybridized carbons (Fsp3) is 0.350. The Kier molecular flexibility index (Phi) is 6.03. The van der Waals surface area contributed by atoms with Gasteiger partial charge >= 0.3 is 6.18 Å². The maximum Gasteiger partial charge on any atom is 0.417 e. The fourth-order valence-electron chi connectivity index (χ4n) is 3.45. The number of benzene rings is 1. The van der Waals surface area contributed by atoms with Crippen LogP contribution in [-0.4, -0.2) is 49.4 Å². The summed E-state index contributed by atoms with van der Waals surface area (Å²) in [5.74, 6) is -0.611. The smallest absolute Gasteiger partial charge is 0.357 e. The third kappa shape index (κ3) is 4.11. The lowest BCUT2D eigenvalue weighted by Gasteiger charge is -2.41. The van der Waals surface area contributed by atoms with Crippen molar-refractivity contribution in [3.8, 4) is 6.07 Å². The lowest BCUT2D eigenvalue weighted by molar-refractivity contribution is -0.137. The number of nitrogens with zero attached hydrogens (tertiary/aromatic N) is 3. The largest absolute Gasteiger partial charge is 0.417 e. The quantitative estimate of drug-likeness (QED) is 0.803. The van der Waals surface area contributed by atoms with E-state index in [4.69, 9.17) is 5.26 Å².